The number of hydrogen-bond acceptors (Lipinski definition) is 3. The van der Waals surface area contributed by atoms with Crippen molar-refractivity contribution < 1.29 is 4.79 Å². The van der Waals surface area contributed by atoms with Crippen molar-refractivity contribution in [3.05, 3.63) is 29.3 Å². The second kappa shape index (κ2) is 8.78. The lowest BCUT2D eigenvalue weighted by atomic mass is 10.1. The lowest BCUT2D eigenvalue weighted by molar-refractivity contribution is -0.129. The molecule has 1 N–H and O–H groups in total. The third-order valence-electron chi connectivity index (χ3n) is 3.44. The Morgan fingerprint density at radius 1 is 1.40 bits per heavy atom. The summed E-state index contributed by atoms with van der Waals surface area (Å²) in [5.74, 6) is 0.674. The van der Waals surface area contributed by atoms with Crippen LogP contribution in [0.3, 0.4) is 0 Å². The average Bonchev–Trinajstić information content (AvgIpc) is 2.46. The maximum atomic E-state index is 12.1. The largest absolute Gasteiger partial charge is 0.342 e. The minimum absolute atomic E-state index is 0. The molecule has 0 atom stereocenters. The van der Waals surface area contributed by atoms with E-state index in [1.54, 1.807) is 0 Å². The predicted molar refractivity (Wildman–Crippen MR) is 88.1 cm³/mol. The maximum Gasteiger partial charge on any atom is 0.232 e. The Bertz CT molecular complexity index is 437. The first kappa shape index (κ1) is 17.6. The third kappa shape index (κ3) is 4.85. The predicted octanol–water partition coefficient (Wildman–Crippen LogP) is 3.06. The minimum Gasteiger partial charge on any atom is -0.342 e. The fourth-order valence-corrected chi connectivity index (χ4v) is 3.35. The Hall–Kier alpha value is -0.420. The molecule has 3 nitrogen and oxygen atoms in total. The van der Waals surface area contributed by atoms with Crippen molar-refractivity contribution in [2.24, 2.45) is 0 Å². The molecule has 1 fully saturated rings. The molecule has 1 aromatic carbocycles. The highest BCUT2D eigenvalue weighted by Gasteiger charge is 2.21. The quantitative estimate of drug-likeness (QED) is 0.859. The molecule has 1 aliphatic rings. The fourth-order valence-electron chi connectivity index (χ4n) is 2.21. The van der Waals surface area contributed by atoms with Crippen LogP contribution in [0.15, 0.2) is 29.2 Å². The molecule has 0 spiro atoms. The highest BCUT2D eigenvalue weighted by Crippen LogP contribution is 2.27. The Morgan fingerprint density at radius 2 is 2.05 bits per heavy atom. The van der Waals surface area contributed by atoms with Crippen LogP contribution in [0, 0.1) is 0 Å². The monoisotopic (exact) mass is 334 g/mol. The number of likely N-dealkylation sites (tertiary alicyclic amines) is 1. The number of thioether (sulfide) groups is 1. The molecule has 1 aliphatic heterocycles. The van der Waals surface area contributed by atoms with Gasteiger partial charge in [-0.25, -0.2) is 0 Å². The van der Waals surface area contributed by atoms with Gasteiger partial charge in [0.1, 0.15) is 0 Å². The molecule has 0 aliphatic carbocycles. The molecule has 0 radical (unpaired) electrons. The van der Waals surface area contributed by atoms with Gasteiger partial charge in [0.15, 0.2) is 0 Å². The summed E-state index contributed by atoms with van der Waals surface area (Å²) in [6.45, 7) is 1.71. The number of rotatable bonds is 4. The molecular weight excluding hydrogens is 315 g/mol. The standard InChI is InChI=1S/C14H19ClN2OS.ClH/c1-16-11-6-8-17(9-7-11)14(18)10-19-13-5-3-2-4-12(13)15;/h2-5,11,16H,6-10H2,1H3;1H. The number of hydrogen-bond donors (Lipinski definition) is 1. The average molecular weight is 335 g/mol. The zero-order chi connectivity index (χ0) is 13.7. The van der Waals surface area contributed by atoms with Gasteiger partial charge in [-0.1, -0.05) is 23.7 Å². The molecule has 1 saturated heterocycles. The van der Waals surface area contributed by atoms with E-state index in [4.69, 9.17) is 11.6 Å². The zero-order valence-corrected chi connectivity index (χ0v) is 13.9. The molecule has 1 amide bonds. The van der Waals surface area contributed by atoms with E-state index < -0.39 is 0 Å². The minimum atomic E-state index is 0. The van der Waals surface area contributed by atoms with Crippen molar-refractivity contribution in [3.8, 4) is 0 Å². The van der Waals surface area contributed by atoms with Crippen molar-refractivity contribution in [3.63, 3.8) is 0 Å². The number of piperidine rings is 1. The van der Waals surface area contributed by atoms with Crippen LogP contribution >= 0.6 is 35.8 Å². The van der Waals surface area contributed by atoms with Crippen molar-refractivity contribution in [2.75, 3.05) is 25.9 Å². The molecular formula is C14H20Cl2N2OS. The van der Waals surface area contributed by atoms with Crippen LogP contribution in [0.25, 0.3) is 0 Å². The second-order valence-electron chi connectivity index (χ2n) is 4.66. The van der Waals surface area contributed by atoms with Crippen LogP contribution < -0.4 is 5.32 Å². The maximum absolute atomic E-state index is 12.1. The SMILES string of the molecule is CNC1CCN(C(=O)CSc2ccccc2Cl)CC1.Cl. The first-order valence-corrected chi connectivity index (χ1v) is 7.89. The van der Waals surface area contributed by atoms with Crippen LogP contribution in [0.5, 0.6) is 0 Å². The van der Waals surface area contributed by atoms with Crippen molar-refractivity contribution in [2.45, 2.75) is 23.8 Å². The van der Waals surface area contributed by atoms with E-state index in [1.807, 2.05) is 36.2 Å². The Labute approximate surface area is 135 Å². The van der Waals surface area contributed by atoms with Gasteiger partial charge in [-0.3, -0.25) is 4.79 Å². The summed E-state index contributed by atoms with van der Waals surface area (Å²) in [5.41, 5.74) is 0. The zero-order valence-electron chi connectivity index (χ0n) is 11.5. The van der Waals surface area contributed by atoms with E-state index >= 15 is 0 Å². The van der Waals surface area contributed by atoms with E-state index in [-0.39, 0.29) is 18.3 Å². The first-order chi connectivity index (χ1) is 9.20. The van der Waals surface area contributed by atoms with E-state index in [9.17, 15) is 4.79 Å². The van der Waals surface area contributed by atoms with Gasteiger partial charge in [0.25, 0.3) is 0 Å². The number of nitrogens with one attached hydrogen (secondary N) is 1. The summed E-state index contributed by atoms with van der Waals surface area (Å²) in [6, 6.07) is 8.20. The molecule has 2 rings (SSSR count). The molecule has 0 bridgehead atoms. The summed E-state index contributed by atoms with van der Waals surface area (Å²) < 4.78 is 0. The summed E-state index contributed by atoms with van der Waals surface area (Å²) in [5, 5.41) is 3.98. The lowest BCUT2D eigenvalue weighted by Crippen LogP contribution is -2.44. The number of benzene rings is 1. The highest BCUT2D eigenvalue weighted by atomic mass is 35.5. The lowest BCUT2D eigenvalue weighted by Gasteiger charge is -2.31. The van der Waals surface area contributed by atoms with Gasteiger partial charge in [0.2, 0.25) is 5.91 Å². The van der Waals surface area contributed by atoms with Crippen molar-refractivity contribution >= 4 is 41.7 Å². The Balaban J connectivity index is 0.00000200. The van der Waals surface area contributed by atoms with Crippen molar-refractivity contribution in [1.29, 1.82) is 0 Å². The number of nitrogens with zero attached hydrogens (tertiary/aromatic N) is 1. The molecule has 0 saturated carbocycles. The van der Waals surface area contributed by atoms with Crippen molar-refractivity contribution in [1.82, 2.24) is 10.2 Å². The van der Waals surface area contributed by atoms with Gasteiger partial charge in [-0.15, -0.1) is 24.2 Å². The van der Waals surface area contributed by atoms with Gasteiger partial charge in [0, 0.05) is 24.0 Å². The Morgan fingerprint density at radius 3 is 2.65 bits per heavy atom. The smallest absolute Gasteiger partial charge is 0.232 e. The molecule has 1 aromatic rings. The van der Waals surface area contributed by atoms with Gasteiger partial charge in [0.05, 0.1) is 10.8 Å². The summed E-state index contributed by atoms with van der Waals surface area (Å²) >= 11 is 7.59. The van der Waals surface area contributed by atoms with Gasteiger partial charge < -0.3 is 10.2 Å². The van der Waals surface area contributed by atoms with Crippen LogP contribution in [0.4, 0.5) is 0 Å². The normalized spacial score (nSPS) is 15.8. The molecule has 112 valence electrons. The van der Waals surface area contributed by atoms with Gasteiger partial charge >= 0.3 is 0 Å². The second-order valence-corrected chi connectivity index (χ2v) is 6.09. The summed E-state index contributed by atoms with van der Waals surface area (Å²) in [7, 11) is 1.98. The molecule has 0 aromatic heterocycles. The van der Waals surface area contributed by atoms with Crippen LogP contribution in [0.2, 0.25) is 5.02 Å². The molecule has 20 heavy (non-hydrogen) atoms. The van der Waals surface area contributed by atoms with Crippen LogP contribution in [-0.2, 0) is 4.79 Å². The first-order valence-electron chi connectivity index (χ1n) is 6.53. The Kier molecular flexibility index (Phi) is 7.74. The topological polar surface area (TPSA) is 32.3 Å². The van der Waals surface area contributed by atoms with Gasteiger partial charge in [-0.2, -0.15) is 0 Å². The van der Waals surface area contributed by atoms with E-state index in [1.165, 1.54) is 11.8 Å². The fraction of sp³-hybridized carbons (Fsp3) is 0.500. The summed E-state index contributed by atoms with van der Waals surface area (Å²) in [4.78, 5) is 15.1. The van der Waals surface area contributed by atoms with E-state index in [2.05, 4.69) is 5.32 Å². The van der Waals surface area contributed by atoms with E-state index in [0.29, 0.717) is 16.8 Å². The number of halogens is 2. The van der Waals surface area contributed by atoms with Gasteiger partial charge in [-0.05, 0) is 32.0 Å². The molecule has 6 heteroatoms. The molecule has 0 unspecified atom stereocenters. The van der Waals surface area contributed by atoms with Crippen LogP contribution in [0.1, 0.15) is 12.8 Å². The highest BCUT2D eigenvalue weighted by molar-refractivity contribution is 8.00. The number of amides is 1. The number of carbonyl (C=O) groups is 1. The summed E-state index contributed by atoms with van der Waals surface area (Å²) in [6.07, 6.45) is 2.08. The van der Waals surface area contributed by atoms with E-state index in [0.717, 1.165) is 30.8 Å². The molecule has 1 heterocycles. The van der Waals surface area contributed by atoms with Crippen LogP contribution in [-0.4, -0.2) is 42.7 Å². The number of carbonyl (C=O) groups excluding carboxylic acids is 1. The third-order valence-corrected chi connectivity index (χ3v) is 4.94.